The largest absolute Gasteiger partial charge is 0.259 e. The molecule has 0 fully saturated rings. The van der Waals surface area contributed by atoms with Crippen molar-refractivity contribution < 1.29 is 0 Å². The average molecular weight is 776 g/mol. The van der Waals surface area contributed by atoms with E-state index in [4.69, 9.17) is 40.1 Å². The molecule has 0 amide bonds. The molecule has 13 heteroatoms. The van der Waals surface area contributed by atoms with Crippen molar-refractivity contribution >= 4 is 82.6 Å². The van der Waals surface area contributed by atoms with Crippen LogP contribution in [0.15, 0.2) is 65.7 Å². The van der Waals surface area contributed by atoms with Gasteiger partial charge in [-0.15, -0.1) is 0 Å². The third-order valence-electron chi connectivity index (χ3n) is 5.12. The molecule has 5 aromatic rings. The number of nitrogens with zero attached hydrogens (tertiary/aromatic N) is 5. The van der Waals surface area contributed by atoms with E-state index in [0.717, 1.165) is 44.3 Å². The topological polar surface area (TPSA) is 107 Å². The third-order valence-corrected chi connectivity index (χ3v) is 7.39. The van der Waals surface area contributed by atoms with E-state index >= 15 is 0 Å². The van der Waals surface area contributed by atoms with E-state index in [1.165, 1.54) is 6.33 Å². The van der Waals surface area contributed by atoms with Crippen LogP contribution < -0.4 is 0 Å². The molecule has 2 N–H and O–H groups in total. The van der Waals surface area contributed by atoms with Crippen molar-refractivity contribution in [1.29, 1.82) is 5.26 Å². The molecule has 2 heterocycles. The van der Waals surface area contributed by atoms with Crippen LogP contribution in [-0.2, 0) is 10.7 Å². The van der Waals surface area contributed by atoms with E-state index in [2.05, 4.69) is 84.2 Å². The molecule has 39 heavy (non-hydrogen) atoms. The Morgan fingerprint density at radius 2 is 1.44 bits per heavy atom. The van der Waals surface area contributed by atoms with Gasteiger partial charge in [-0.2, -0.15) is 15.5 Å². The number of alkyl halides is 2. The highest BCUT2D eigenvalue weighted by molar-refractivity contribution is 9.10. The van der Waals surface area contributed by atoms with Gasteiger partial charge in [-0.1, -0.05) is 84.9 Å². The van der Waals surface area contributed by atoms with Crippen LogP contribution in [0.5, 0.6) is 0 Å². The van der Waals surface area contributed by atoms with Crippen molar-refractivity contribution in [2.75, 3.05) is 0 Å². The lowest BCUT2D eigenvalue weighted by Gasteiger charge is -2.03. The first-order valence-corrected chi connectivity index (χ1v) is 15.2. The molecule has 3 aromatic carbocycles. The van der Waals surface area contributed by atoms with Gasteiger partial charge in [0.2, 0.25) is 0 Å². The molecule has 0 aliphatic heterocycles. The van der Waals surface area contributed by atoms with Gasteiger partial charge in [0, 0.05) is 36.9 Å². The average Bonchev–Trinajstić information content (AvgIpc) is 3.63. The predicted molar refractivity (Wildman–Crippen MR) is 168 cm³/mol. The number of benzene rings is 3. The number of nitriles is 1. The molecule has 0 saturated carbocycles. The second kappa shape index (κ2) is 15.5. The number of aryl methyl sites for hydroxylation is 1. The summed E-state index contributed by atoms with van der Waals surface area (Å²) in [6.07, 6.45) is 1.48. The lowest BCUT2D eigenvalue weighted by molar-refractivity contribution is 1.07. The first-order valence-electron chi connectivity index (χ1n) is 11.0. The molecule has 0 saturated heterocycles. The molecule has 2 aromatic heterocycles. The Labute approximate surface area is 265 Å². The molecule has 0 radical (unpaired) electrons. The molecule has 0 aliphatic rings. The van der Waals surface area contributed by atoms with Crippen LogP contribution in [0.2, 0.25) is 15.1 Å². The minimum Gasteiger partial charge on any atom is -0.259 e. The second-order valence-corrected chi connectivity index (χ2v) is 10.9. The van der Waals surface area contributed by atoms with Crippen molar-refractivity contribution in [2.45, 2.75) is 17.6 Å². The van der Waals surface area contributed by atoms with Gasteiger partial charge in [-0.25, -0.2) is 9.97 Å². The molecule has 0 atom stereocenters. The van der Waals surface area contributed by atoms with E-state index in [-0.39, 0.29) is 0 Å². The Morgan fingerprint density at radius 1 is 0.846 bits per heavy atom. The van der Waals surface area contributed by atoms with Gasteiger partial charge in [0.15, 0.2) is 16.4 Å². The maximum atomic E-state index is 8.53. The number of nitrogens with one attached hydrogen (secondary N) is 2. The first kappa shape index (κ1) is 31.3. The molecule has 0 aliphatic carbocycles. The van der Waals surface area contributed by atoms with Crippen LogP contribution in [0.3, 0.4) is 0 Å². The van der Waals surface area contributed by atoms with Gasteiger partial charge >= 0.3 is 0 Å². The van der Waals surface area contributed by atoms with E-state index in [1.54, 1.807) is 12.1 Å². The van der Waals surface area contributed by atoms with Gasteiger partial charge in [-0.05, 0) is 75.9 Å². The van der Waals surface area contributed by atoms with E-state index in [9.17, 15) is 0 Å². The lowest BCUT2D eigenvalue weighted by atomic mass is 10.1. The number of hydrogen-bond acceptors (Lipinski definition) is 5. The zero-order valence-electron chi connectivity index (χ0n) is 20.2. The standard InChI is InChI=1S/C9H6Br2ClN3.C9H7BrClN3.C8H6ClN/c10-4-5-1-2-6(12)3-7(5)8-13-9(11)15-14-8;10-4-6-1-2-7(11)3-8(6)9-12-5-13-14-9;1-6-2-3-8(9)4-7(6)5-10/h1-3H,4H2,(H,13,14,15);1-3,5H,4H2,(H,12,13,14);2-4H,1H3. The summed E-state index contributed by atoms with van der Waals surface area (Å²) in [4.78, 5) is 8.29. The summed E-state index contributed by atoms with van der Waals surface area (Å²) >= 11 is 27.5. The SMILES string of the molecule is Cc1ccc(Cl)cc1C#N.Clc1ccc(CBr)c(-c2n[nH]c(Br)n2)c1.Clc1ccc(CBr)c(-c2ncn[nH]2)c1. The van der Waals surface area contributed by atoms with E-state index < -0.39 is 0 Å². The van der Waals surface area contributed by atoms with Crippen molar-refractivity contribution in [3.05, 3.63) is 103 Å². The van der Waals surface area contributed by atoms with Crippen LogP contribution >= 0.6 is 82.6 Å². The Kier molecular flexibility index (Phi) is 12.4. The summed E-state index contributed by atoms with van der Waals surface area (Å²) in [7, 11) is 0. The van der Waals surface area contributed by atoms with Crippen LogP contribution in [0.25, 0.3) is 22.8 Å². The van der Waals surface area contributed by atoms with E-state index in [0.29, 0.717) is 31.2 Å². The first-order chi connectivity index (χ1) is 18.7. The van der Waals surface area contributed by atoms with Crippen molar-refractivity contribution in [1.82, 2.24) is 30.4 Å². The second-order valence-electron chi connectivity index (χ2n) is 7.73. The van der Waals surface area contributed by atoms with Crippen molar-refractivity contribution in [2.24, 2.45) is 0 Å². The number of H-pyrrole nitrogens is 2. The van der Waals surface area contributed by atoms with Crippen LogP contribution in [0.1, 0.15) is 22.3 Å². The van der Waals surface area contributed by atoms with Crippen LogP contribution in [0, 0.1) is 18.3 Å². The van der Waals surface area contributed by atoms with Gasteiger partial charge in [0.1, 0.15) is 6.33 Å². The highest BCUT2D eigenvalue weighted by Crippen LogP contribution is 2.27. The minimum absolute atomic E-state index is 0.609. The molecular formula is C26H19Br3Cl3N7. The number of rotatable bonds is 4. The van der Waals surface area contributed by atoms with Crippen LogP contribution in [-0.4, -0.2) is 30.4 Å². The number of aromatic nitrogens is 6. The third kappa shape index (κ3) is 9.13. The molecular weight excluding hydrogens is 756 g/mol. The zero-order chi connectivity index (χ0) is 28.4. The Balaban J connectivity index is 0.000000165. The molecule has 5 rings (SSSR count). The monoisotopic (exact) mass is 771 g/mol. The quantitative estimate of drug-likeness (QED) is 0.177. The molecule has 200 valence electrons. The van der Waals surface area contributed by atoms with Crippen molar-refractivity contribution in [3.63, 3.8) is 0 Å². The fraction of sp³-hybridized carbons (Fsp3) is 0.115. The summed E-state index contributed by atoms with van der Waals surface area (Å²) in [5.74, 6) is 1.38. The Hall–Kier alpha value is -2.26. The summed E-state index contributed by atoms with van der Waals surface area (Å²) < 4.78 is 0.609. The van der Waals surface area contributed by atoms with Crippen molar-refractivity contribution in [3.8, 4) is 28.8 Å². The maximum Gasteiger partial charge on any atom is 0.193 e. The summed E-state index contributed by atoms with van der Waals surface area (Å²) in [5.41, 5.74) is 5.75. The number of hydrogen-bond donors (Lipinski definition) is 2. The zero-order valence-corrected chi connectivity index (χ0v) is 27.2. The van der Waals surface area contributed by atoms with Gasteiger partial charge in [-0.3, -0.25) is 10.2 Å². The lowest BCUT2D eigenvalue weighted by Crippen LogP contribution is -1.88. The molecule has 7 nitrogen and oxygen atoms in total. The van der Waals surface area contributed by atoms with Crippen LogP contribution in [0.4, 0.5) is 0 Å². The summed E-state index contributed by atoms with van der Waals surface area (Å²) in [6.45, 7) is 1.88. The summed E-state index contributed by atoms with van der Waals surface area (Å²) in [5, 5.41) is 25.5. The fourth-order valence-electron chi connectivity index (χ4n) is 3.17. The highest BCUT2D eigenvalue weighted by atomic mass is 79.9. The minimum atomic E-state index is 0.609. The predicted octanol–water partition coefficient (Wildman–Crippen LogP) is 9.32. The van der Waals surface area contributed by atoms with Gasteiger partial charge < -0.3 is 0 Å². The fourth-order valence-corrected chi connectivity index (χ4v) is 4.92. The summed E-state index contributed by atoms with van der Waals surface area (Å²) in [6, 6.07) is 18.7. The number of halogens is 6. The highest BCUT2D eigenvalue weighted by Gasteiger charge is 2.10. The van der Waals surface area contributed by atoms with Gasteiger partial charge in [0.05, 0.1) is 11.6 Å². The van der Waals surface area contributed by atoms with Gasteiger partial charge in [0.25, 0.3) is 0 Å². The maximum absolute atomic E-state index is 8.53. The molecule has 0 spiro atoms. The Bertz CT molecular complexity index is 1570. The van der Waals surface area contributed by atoms with E-state index in [1.807, 2.05) is 49.4 Å². The Morgan fingerprint density at radius 3 is 1.95 bits per heavy atom. The number of aromatic amines is 2. The molecule has 0 unspecified atom stereocenters. The molecule has 0 bridgehead atoms. The normalized spacial score (nSPS) is 10.1. The smallest absolute Gasteiger partial charge is 0.193 e.